The molecule has 1 saturated carbocycles. The Bertz CT molecular complexity index is 610. The SMILES string of the molecule is O=C(Nc1ccc(OC(F)(F)F)cc1)NC1NC(Cl)CC(C2CC2)N1. The summed E-state index contributed by atoms with van der Waals surface area (Å²) in [6.45, 7) is 0. The van der Waals surface area contributed by atoms with E-state index in [1.165, 1.54) is 12.1 Å². The predicted octanol–water partition coefficient (Wildman–Crippen LogP) is 2.92. The number of halogens is 4. The molecule has 3 atom stereocenters. The van der Waals surface area contributed by atoms with Gasteiger partial charge >= 0.3 is 12.4 Å². The van der Waals surface area contributed by atoms with Gasteiger partial charge in [-0.1, -0.05) is 0 Å². The number of urea groups is 1. The third kappa shape index (κ3) is 5.65. The molecule has 0 aromatic heterocycles. The number of nitrogens with one attached hydrogen (secondary N) is 4. The second-order valence-corrected chi connectivity index (χ2v) is 6.61. The highest BCUT2D eigenvalue weighted by molar-refractivity contribution is 6.20. The maximum atomic E-state index is 12.1. The van der Waals surface area contributed by atoms with E-state index in [1.54, 1.807) is 0 Å². The summed E-state index contributed by atoms with van der Waals surface area (Å²) >= 11 is 6.16. The molecule has 3 rings (SSSR count). The van der Waals surface area contributed by atoms with E-state index in [4.69, 9.17) is 11.6 Å². The van der Waals surface area contributed by atoms with Crippen LogP contribution in [0.5, 0.6) is 5.75 Å². The van der Waals surface area contributed by atoms with Gasteiger partial charge in [0, 0.05) is 11.7 Å². The van der Waals surface area contributed by atoms with E-state index in [0.29, 0.717) is 11.6 Å². The van der Waals surface area contributed by atoms with Crippen LogP contribution < -0.4 is 26.0 Å². The van der Waals surface area contributed by atoms with Crippen molar-refractivity contribution in [2.75, 3.05) is 5.32 Å². The van der Waals surface area contributed by atoms with E-state index < -0.39 is 18.7 Å². The number of carbonyl (C=O) groups is 1. The fraction of sp³-hybridized carbons (Fsp3) is 0.533. The standard InChI is InChI=1S/C15H18ClF3N4O2/c16-12-7-11(8-1-2-8)21-13(22-12)23-14(24)20-9-3-5-10(6-4-9)25-15(17,18)19/h3-6,8,11-13,21-22H,1-2,7H2,(H2,20,23,24). The van der Waals surface area contributed by atoms with Gasteiger partial charge in [-0.05, 0) is 49.4 Å². The van der Waals surface area contributed by atoms with Gasteiger partial charge in [0.2, 0.25) is 0 Å². The highest BCUT2D eigenvalue weighted by Gasteiger charge is 2.37. The topological polar surface area (TPSA) is 74.4 Å². The van der Waals surface area contributed by atoms with Crippen molar-refractivity contribution < 1.29 is 22.7 Å². The molecule has 1 aromatic carbocycles. The van der Waals surface area contributed by atoms with Crippen LogP contribution in [0, 0.1) is 5.92 Å². The molecule has 2 fully saturated rings. The van der Waals surface area contributed by atoms with Crippen LogP contribution in [0.3, 0.4) is 0 Å². The largest absolute Gasteiger partial charge is 0.573 e. The van der Waals surface area contributed by atoms with Crippen molar-refractivity contribution in [1.29, 1.82) is 0 Å². The second kappa shape index (κ2) is 7.27. The van der Waals surface area contributed by atoms with Crippen LogP contribution >= 0.6 is 11.6 Å². The normalized spacial score (nSPS) is 26.8. The molecular formula is C15H18ClF3N4O2. The van der Waals surface area contributed by atoms with Crippen LogP contribution in [0.2, 0.25) is 0 Å². The molecule has 1 aliphatic carbocycles. The molecule has 1 aliphatic heterocycles. The van der Waals surface area contributed by atoms with Crippen LogP contribution in [0.25, 0.3) is 0 Å². The maximum absolute atomic E-state index is 12.1. The molecular weight excluding hydrogens is 361 g/mol. The summed E-state index contributed by atoms with van der Waals surface area (Å²) in [5, 5.41) is 11.5. The fourth-order valence-corrected chi connectivity index (χ4v) is 3.07. The molecule has 0 bridgehead atoms. The Balaban J connectivity index is 1.50. The van der Waals surface area contributed by atoms with Gasteiger partial charge in [0.05, 0.1) is 5.50 Å². The summed E-state index contributed by atoms with van der Waals surface area (Å²) in [5.74, 6) is 0.239. The molecule has 1 aromatic rings. The van der Waals surface area contributed by atoms with Crippen molar-refractivity contribution in [2.45, 2.75) is 43.5 Å². The highest BCUT2D eigenvalue weighted by atomic mass is 35.5. The lowest BCUT2D eigenvalue weighted by molar-refractivity contribution is -0.274. The van der Waals surface area contributed by atoms with Crippen molar-refractivity contribution >= 4 is 23.3 Å². The third-order valence-electron chi connectivity index (χ3n) is 4.00. The number of hydrogen-bond acceptors (Lipinski definition) is 4. The summed E-state index contributed by atoms with van der Waals surface area (Å²) in [7, 11) is 0. The quantitative estimate of drug-likeness (QED) is 0.480. The molecule has 1 heterocycles. The van der Waals surface area contributed by atoms with E-state index in [9.17, 15) is 18.0 Å². The zero-order chi connectivity index (χ0) is 18.0. The maximum Gasteiger partial charge on any atom is 0.573 e. The van der Waals surface area contributed by atoms with Crippen LogP contribution in [-0.2, 0) is 0 Å². The number of amides is 2. The Morgan fingerprint density at radius 3 is 2.48 bits per heavy atom. The van der Waals surface area contributed by atoms with Crippen LogP contribution in [0.1, 0.15) is 19.3 Å². The molecule has 3 unspecified atom stereocenters. The van der Waals surface area contributed by atoms with Gasteiger partial charge in [-0.25, -0.2) is 4.79 Å². The van der Waals surface area contributed by atoms with E-state index in [2.05, 4.69) is 26.0 Å². The molecule has 6 nitrogen and oxygen atoms in total. The molecule has 10 heteroatoms. The van der Waals surface area contributed by atoms with Crippen LogP contribution in [-0.4, -0.2) is 30.2 Å². The van der Waals surface area contributed by atoms with Crippen LogP contribution in [0.4, 0.5) is 23.7 Å². The molecule has 0 spiro atoms. The molecule has 138 valence electrons. The molecule has 1 saturated heterocycles. The minimum atomic E-state index is -4.75. The first kappa shape index (κ1) is 18.1. The van der Waals surface area contributed by atoms with Gasteiger partial charge in [0.15, 0.2) is 0 Å². The average molecular weight is 379 g/mol. The first-order chi connectivity index (χ1) is 11.8. The lowest BCUT2D eigenvalue weighted by atomic mass is 10.1. The Morgan fingerprint density at radius 2 is 1.88 bits per heavy atom. The molecule has 4 N–H and O–H groups in total. The van der Waals surface area contributed by atoms with Crippen molar-refractivity contribution in [2.24, 2.45) is 5.92 Å². The van der Waals surface area contributed by atoms with Gasteiger partial charge in [0.1, 0.15) is 12.0 Å². The van der Waals surface area contributed by atoms with Gasteiger partial charge in [0.25, 0.3) is 0 Å². The minimum Gasteiger partial charge on any atom is -0.406 e. The smallest absolute Gasteiger partial charge is 0.406 e. The summed E-state index contributed by atoms with van der Waals surface area (Å²) in [5.41, 5.74) is 0.0972. The number of ether oxygens (including phenoxy) is 1. The van der Waals surface area contributed by atoms with Gasteiger partial charge < -0.3 is 15.4 Å². The third-order valence-corrected chi connectivity index (χ3v) is 4.31. The second-order valence-electron chi connectivity index (χ2n) is 6.08. The Morgan fingerprint density at radius 1 is 1.20 bits per heavy atom. The zero-order valence-electron chi connectivity index (χ0n) is 13.1. The van der Waals surface area contributed by atoms with Gasteiger partial charge in [-0.3, -0.25) is 10.6 Å². The first-order valence-corrected chi connectivity index (χ1v) is 8.32. The number of hydrogen-bond donors (Lipinski definition) is 4. The summed E-state index contributed by atoms with van der Waals surface area (Å²) in [4.78, 5) is 12.0. The Labute approximate surface area is 147 Å². The zero-order valence-corrected chi connectivity index (χ0v) is 13.8. The number of rotatable bonds is 4. The van der Waals surface area contributed by atoms with E-state index >= 15 is 0 Å². The number of benzene rings is 1. The molecule has 25 heavy (non-hydrogen) atoms. The van der Waals surface area contributed by atoms with Gasteiger partial charge in [-0.15, -0.1) is 24.8 Å². The summed E-state index contributed by atoms with van der Waals surface area (Å²) in [6, 6.07) is 4.64. The van der Waals surface area contributed by atoms with E-state index in [-0.39, 0.29) is 17.3 Å². The lowest BCUT2D eigenvalue weighted by Crippen LogP contribution is -2.64. The van der Waals surface area contributed by atoms with E-state index in [1.807, 2.05) is 0 Å². The Hall–Kier alpha value is -1.71. The fourth-order valence-electron chi connectivity index (χ4n) is 2.75. The van der Waals surface area contributed by atoms with E-state index in [0.717, 1.165) is 31.4 Å². The monoisotopic (exact) mass is 378 g/mol. The number of carbonyl (C=O) groups excluding carboxylic acids is 1. The Kier molecular flexibility index (Phi) is 5.26. The first-order valence-electron chi connectivity index (χ1n) is 7.88. The highest BCUT2D eigenvalue weighted by Crippen LogP contribution is 2.35. The van der Waals surface area contributed by atoms with Crippen molar-refractivity contribution in [3.05, 3.63) is 24.3 Å². The van der Waals surface area contributed by atoms with Crippen molar-refractivity contribution in [3.63, 3.8) is 0 Å². The molecule has 2 aliphatic rings. The van der Waals surface area contributed by atoms with Crippen molar-refractivity contribution in [3.8, 4) is 5.75 Å². The molecule has 0 radical (unpaired) electrons. The minimum absolute atomic E-state index is 0.240. The van der Waals surface area contributed by atoms with Crippen molar-refractivity contribution in [1.82, 2.24) is 16.0 Å². The lowest BCUT2D eigenvalue weighted by Gasteiger charge is -2.35. The number of alkyl halides is 4. The van der Waals surface area contributed by atoms with Gasteiger partial charge in [-0.2, -0.15) is 0 Å². The number of anilines is 1. The average Bonchev–Trinajstić information content (AvgIpc) is 3.31. The summed E-state index contributed by atoms with van der Waals surface area (Å²) in [6.07, 6.45) is -2.12. The molecule has 2 amide bonds. The summed E-state index contributed by atoms with van der Waals surface area (Å²) < 4.78 is 40.1. The predicted molar refractivity (Wildman–Crippen MR) is 86.1 cm³/mol. The van der Waals surface area contributed by atoms with Crippen LogP contribution in [0.15, 0.2) is 24.3 Å².